The van der Waals surface area contributed by atoms with Crippen molar-refractivity contribution in [2.24, 2.45) is 0 Å². The summed E-state index contributed by atoms with van der Waals surface area (Å²) in [6, 6.07) is 8.06. The number of pyridine rings is 1. The maximum atomic E-state index is 11.5. The maximum absolute atomic E-state index is 11.5. The molecule has 1 aromatic carbocycles. The monoisotopic (exact) mass is 314 g/mol. The van der Waals surface area contributed by atoms with Gasteiger partial charge in [0.1, 0.15) is 5.15 Å². The second-order valence-corrected chi connectivity index (χ2v) is 5.73. The quantitative estimate of drug-likeness (QED) is 0.549. The summed E-state index contributed by atoms with van der Waals surface area (Å²) >= 11 is 6.29. The number of aryl methyl sites for hydroxylation is 1. The highest BCUT2D eigenvalue weighted by Gasteiger charge is 2.14. The molecule has 0 fully saturated rings. The van der Waals surface area contributed by atoms with Gasteiger partial charge >= 0.3 is 0 Å². The lowest BCUT2D eigenvalue weighted by Gasteiger charge is -2.08. The number of hydrogen-bond acceptors (Lipinski definition) is 4. The Hall–Kier alpha value is -2.27. The highest BCUT2D eigenvalue weighted by atomic mass is 35.5. The van der Waals surface area contributed by atoms with Gasteiger partial charge in [0.25, 0.3) is 0 Å². The van der Waals surface area contributed by atoms with Gasteiger partial charge < -0.3 is 0 Å². The summed E-state index contributed by atoms with van der Waals surface area (Å²) in [7, 11) is 0. The van der Waals surface area contributed by atoms with Gasteiger partial charge in [-0.15, -0.1) is 5.10 Å². The molecule has 0 aliphatic carbocycles. The molecule has 3 rings (SSSR count). The molecule has 0 unspecified atom stereocenters. The van der Waals surface area contributed by atoms with Crippen LogP contribution in [0.5, 0.6) is 0 Å². The van der Waals surface area contributed by atoms with Gasteiger partial charge in [-0.1, -0.05) is 28.9 Å². The molecular formula is C16H15ClN4O. The molecular weight excluding hydrogens is 300 g/mol. The van der Waals surface area contributed by atoms with E-state index in [4.69, 9.17) is 11.6 Å². The largest absolute Gasteiger partial charge is 0.293 e. The lowest BCUT2D eigenvalue weighted by atomic mass is 10.1. The summed E-state index contributed by atoms with van der Waals surface area (Å²) in [5, 5.41) is 9.41. The predicted octanol–water partition coefficient (Wildman–Crippen LogP) is 3.35. The highest BCUT2D eigenvalue weighted by molar-refractivity contribution is 6.30. The average Bonchev–Trinajstić information content (AvgIpc) is 2.81. The number of halogens is 1. The Balaban J connectivity index is 2.02. The van der Waals surface area contributed by atoms with E-state index >= 15 is 0 Å². The van der Waals surface area contributed by atoms with E-state index in [9.17, 15) is 4.79 Å². The molecule has 0 radical (unpaired) electrons. The SMILES string of the molecule is CC(=O)c1nnn(Cc2cc3ccc(C)cc3nc2Cl)c1C. The van der Waals surface area contributed by atoms with Crippen LogP contribution in [0.1, 0.15) is 34.2 Å². The number of benzene rings is 1. The van der Waals surface area contributed by atoms with Crippen LogP contribution in [0, 0.1) is 13.8 Å². The van der Waals surface area contributed by atoms with E-state index in [2.05, 4.69) is 15.3 Å². The molecule has 0 spiro atoms. The van der Waals surface area contributed by atoms with Crippen molar-refractivity contribution in [3.05, 3.63) is 51.9 Å². The Morgan fingerprint density at radius 2 is 2.05 bits per heavy atom. The Labute approximate surface area is 132 Å². The molecule has 3 aromatic rings. The first-order chi connectivity index (χ1) is 10.5. The van der Waals surface area contributed by atoms with E-state index in [0.717, 1.165) is 27.7 Å². The van der Waals surface area contributed by atoms with Crippen LogP contribution >= 0.6 is 11.6 Å². The van der Waals surface area contributed by atoms with Crippen molar-refractivity contribution in [3.8, 4) is 0 Å². The fourth-order valence-electron chi connectivity index (χ4n) is 2.41. The smallest absolute Gasteiger partial charge is 0.181 e. The molecule has 2 heterocycles. The van der Waals surface area contributed by atoms with Crippen molar-refractivity contribution >= 4 is 28.3 Å². The second-order valence-electron chi connectivity index (χ2n) is 5.37. The van der Waals surface area contributed by atoms with Gasteiger partial charge in [-0.2, -0.15) is 0 Å². The average molecular weight is 315 g/mol. The zero-order valence-corrected chi connectivity index (χ0v) is 13.3. The van der Waals surface area contributed by atoms with E-state index in [-0.39, 0.29) is 5.78 Å². The van der Waals surface area contributed by atoms with Gasteiger partial charge in [-0.3, -0.25) is 4.79 Å². The zero-order valence-electron chi connectivity index (χ0n) is 12.6. The molecule has 0 bridgehead atoms. The molecule has 22 heavy (non-hydrogen) atoms. The number of carbonyl (C=O) groups is 1. The van der Waals surface area contributed by atoms with Gasteiger partial charge in [0.2, 0.25) is 0 Å². The number of hydrogen-bond donors (Lipinski definition) is 0. The van der Waals surface area contributed by atoms with Gasteiger partial charge in [-0.25, -0.2) is 9.67 Å². The molecule has 0 aliphatic rings. The van der Waals surface area contributed by atoms with Crippen LogP contribution in [0.25, 0.3) is 10.9 Å². The summed E-state index contributed by atoms with van der Waals surface area (Å²) in [6.07, 6.45) is 0. The number of aromatic nitrogens is 4. The van der Waals surface area contributed by atoms with Crippen LogP contribution < -0.4 is 0 Å². The van der Waals surface area contributed by atoms with Crippen LogP contribution in [0.4, 0.5) is 0 Å². The number of Topliss-reactive ketones (excluding diaryl/α,β-unsaturated/α-hetero) is 1. The highest BCUT2D eigenvalue weighted by Crippen LogP contribution is 2.22. The number of fused-ring (bicyclic) bond motifs is 1. The van der Waals surface area contributed by atoms with Crippen molar-refractivity contribution < 1.29 is 4.79 Å². The summed E-state index contributed by atoms with van der Waals surface area (Å²) < 4.78 is 1.67. The molecule has 0 amide bonds. The predicted molar refractivity (Wildman–Crippen MR) is 85.4 cm³/mol. The third kappa shape index (κ3) is 2.60. The standard InChI is InChI=1S/C16H15ClN4O/c1-9-4-5-12-7-13(16(17)18-14(12)6-9)8-21-10(2)15(11(3)22)19-20-21/h4-7H,8H2,1-3H3. The van der Waals surface area contributed by atoms with Crippen molar-refractivity contribution in [2.45, 2.75) is 27.3 Å². The minimum absolute atomic E-state index is 0.0954. The molecule has 0 saturated carbocycles. The van der Waals surface area contributed by atoms with E-state index in [0.29, 0.717) is 17.4 Å². The number of nitrogens with zero attached hydrogens (tertiary/aromatic N) is 4. The maximum Gasteiger partial charge on any atom is 0.181 e. The van der Waals surface area contributed by atoms with E-state index in [1.54, 1.807) is 4.68 Å². The fourth-order valence-corrected chi connectivity index (χ4v) is 2.61. The third-order valence-corrected chi connectivity index (χ3v) is 3.96. The summed E-state index contributed by atoms with van der Waals surface area (Å²) in [6.45, 7) is 5.75. The van der Waals surface area contributed by atoms with Crippen LogP contribution in [-0.4, -0.2) is 25.8 Å². The van der Waals surface area contributed by atoms with Crippen molar-refractivity contribution in [2.75, 3.05) is 0 Å². The van der Waals surface area contributed by atoms with Crippen LogP contribution in [0.2, 0.25) is 5.15 Å². The van der Waals surface area contributed by atoms with Crippen molar-refractivity contribution in [1.82, 2.24) is 20.0 Å². The topological polar surface area (TPSA) is 60.7 Å². The zero-order chi connectivity index (χ0) is 15.9. The van der Waals surface area contributed by atoms with Gasteiger partial charge in [0.15, 0.2) is 11.5 Å². The minimum atomic E-state index is -0.0954. The van der Waals surface area contributed by atoms with Crippen molar-refractivity contribution in [3.63, 3.8) is 0 Å². The van der Waals surface area contributed by atoms with Crippen LogP contribution in [0.15, 0.2) is 24.3 Å². The first-order valence-corrected chi connectivity index (χ1v) is 7.30. The van der Waals surface area contributed by atoms with Crippen LogP contribution in [-0.2, 0) is 6.54 Å². The molecule has 0 saturated heterocycles. The molecule has 0 atom stereocenters. The summed E-state index contributed by atoms with van der Waals surface area (Å²) in [5.74, 6) is -0.0954. The van der Waals surface area contributed by atoms with E-state index < -0.39 is 0 Å². The van der Waals surface area contributed by atoms with Gasteiger partial charge in [-0.05, 0) is 31.5 Å². The molecule has 2 aromatic heterocycles. The van der Waals surface area contributed by atoms with E-state index in [1.807, 2.05) is 38.1 Å². The minimum Gasteiger partial charge on any atom is -0.293 e. The Morgan fingerprint density at radius 1 is 1.27 bits per heavy atom. The van der Waals surface area contributed by atoms with Gasteiger partial charge in [0.05, 0.1) is 17.8 Å². The summed E-state index contributed by atoms with van der Waals surface area (Å²) in [4.78, 5) is 15.9. The Morgan fingerprint density at radius 3 is 2.73 bits per heavy atom. The van der Waals surface area contributed by atoms with Gasteiger partial charge in [0, 0.05) is 17.9 Å². The lowest BCUT2D eigenvalue weighted by molar-refractivity contribution is 0.101. The van der Waals surface area contributed by atoms with E-state index in [1.165, 1.54) is 6.92 Å². The molecule has 0 N–H and O–H groups in total. The lowest BCUT2D eigenvalue weighted by Crippen LogP contribution is -2.06. The number of ketones is 1. The molecule has 5 nitrogen and oxygen atoms in total. The normalized spacial score (nSPS) is 11.1. The third-order valence-electron chi connectivity index (χ3n) is 3.64. The first-order valence-electron chi connectivity index (χ1n) is 6.92. The number of rotatable bonds is 3. The molecule has 112 valence electrons. The Bertz CT molecular complexity index is 885. The van der Waals surface area contributed by atoms with Crippen LogP contribution in [0.3, 0.4) is 0 Å². The molecule has 0 aliphatic heterocycles. The number of carbonyl (C=O) groups excluding carboxylic acids is 1. The first kappa shape index (κ1) is 14.7. The molecule has 6 heteroatoms. The second kappa shape index (κ2) is 5.50. The van der Waals surface area contributed by atoms with Crippen molar-refractivity contribution in [1.29, 1.82) is 0 Å². The Kier molecular flexibility index (Phi) is 3.66. The fraction of sp³-hybridized carbons (Fsp3) is 0.250. The summed E-state index contributed by atoms with van der Waals surface area (Å²) in [5.41, 5.74) is 3.98.